The highest BCUT2D eigenvalue weighted by atomic mass is 16.2. The van der Waals surface area contributed by atoms with Crippen LogP contribution in [0, 0.1) is 0 Å². The van der Waals surface area contributed by atoms with Crippen molar-refractivity contribution in [2.45, 2.75) is 38.6 Å². The zero-order valence-corrected chi connectivity index (χ0v) is 13.8. The molecule has 2 N–H and O–H groups in total. The Morgan fingerprint density at radius 1 is 1.04 bits per heavy atom. The van der Waals surface area contributed by atoms with E-state index in [0.717, 1.165) is 24.1 Å². The zero-order valence-electron chi connectivity index (χ0n) is 13.8. The first-order valence-corrected chi connectivity index (χ1v) is 8.35. The van der Waals surface area contributed by atoms with Crippen molar-refractivity contribution in [3.63, 3.8) is 0 Å². The molecule has 2 amide bonds. The summed E-state index contributed by atoms with van der Waals surface area (Å²) in [5.74, 6) is -0.246. The summed E-state index contributed by atoms with van der Waals surface area (Å²) in [6, 6.07) is 15.4. The first kappa shape index (κ1) is 16.2. The van der Waals surface area contributed by atoms with Gasteiger partial charge in [0.05, 0.1) is 12.5 Å². The van der Waals surface area contributed by atoms with Crippen LogP contribution >= 0.6 is 0 Å². The number of nitrogens with one attached hydrogen (secondary N) is 2. The summed E-state index contributed by atoms with van der Waals surface area (Å²) in [6.07, 6.45) is 3.60. The van der Waals surface area contributed by atoms with Gasteiger partial charge < -0.3 is 10.6 Å². The Balaban J connectivity index is 1.68. The van der Waals surface area contributed by atoms with Crippen LogP contribution in [0.25, 0.3) is 0 Å². The lowest BCUT2D eigenvalue weighted by molar-refractivity contribution is -0.120. The molecule has 0 saturated carbocycles. The van der Waals surface area contributed by atoms with Gasteiger partial charge in [-0.25, -0.2) is 0 Å². The van der Waals surface area contributed by atoms with E-state index in [1.54, 1.807) is 0 Å². The van der Waals surface area contributed by atoms with Crippen molar-refractivity contribution in [1.29, 1.82) is 0 Å². The van der Waals surface area contributed by atoms with E-state index in [9.17, 15) is 9.59 Å². The van der Waals surface area contributed by atoms with Crippen LogP contribution in [-0.4, -0.2) is 11.8 Å². The third-order valence-corrected chi connectivity index (χ3v) is 4.35. The van der Waals surface area contributed by atoms with Crippen molar-refractivity contribution < 1.29 is 9.59 Å². The van der Waals surface area contributed by atoms with Crippen LogP contribution in [0.15, 0.2) is 48.5 Å². The van der Waals surface area contributed by atoms with E-state index in [4.69, 9.17) is 0 Å². The highest BCUT2D eigenvalue weighted by Gasteiger charge is 2.18. The minimum Gasteiger partial charge on any atom is -0.349 e. The number of rotatable bonds is 5. The highest BCUT2D eigenvalue weighted by molar-refractivity contribution is 5.91. The highest BCUT2D eigenvalue weighted by Crippen LogP contribution is 2.25. The maximum atomic E-state index is 12.4. The van der Waals surface area contributed by atoms with Crippen LogP contribution in [0.2, 0.25) is 0 Å². The Labute approximate surface area is 142 Å². The molecule has 0 aromatic heterocycles. The van der Waals surface area contributed by atoms with Crippen LogP contribution in [0.1, 0.15) is 42.5 Å². The van der Waals surface area contributed by atoms with Crippen molar-refractivity contribution in [3.05, 3.63) is 65.2 Å². The fourth-order valence-corrected chi connectivity index (χ4v) is 3.23. The molecule has 0 fully saturated rings. The lowest BCUT2D eigenvalue weighted by atomic mass is 10.0. The minimum atomic E-state index is -0.321. The maximum Gasteiger partial charge on any atom is 0.226 e. The topological polar surface area (TPSA) is 58.2 Å². The van der Waals surface area contributed by atoms with Gasteiger partial charge in [-0.05, 0) is 48.1 Å². The van der Waals surface area contributed by atoms with Crippen LogP contribution < -0.4 is 10.6 Å². The second-order valence-corrected chi connectivity index (χ2v) is 6.25. The molecule has 2 aromatic rings. The molecule has 124 valence electrons. The first-order chi connectivity index (χ1) is 11.6. The second-order valence-electron chi connectivity index (χ2n) is 6.25. The van der Waals surface area contributed by atoms with Gasteiger partial charge in [-0.3, -0.25) is 9.59 Å². The number of hydrogen-bond donors (Lipinski definition) is 2. The predicted octanol–water partition coefficient (Wildman–Crippen LogP) is 3.38. The monoisotopic (exact) mass is 322 g/mol. The molecule has 0 aliphatic heterocycles. The Morgan fingerprint density at radius 2 is 1.79 bits per heavy atom. The molecule has 0 radical (unpaired) electrons. The van der Waals surface area contributed by atoms with Gasteiger partial charge in [0.15, 0.2) is 0 Å². The molecule has 0 saturated heterocycles. The SMILES string of the molecule is CC(=O)N[C@H](CC(=O)Nc1ccc2c(c1)CCC2)c1ccccc1. The average molecular weight is 322 g/mol. The molecule has 2 aromatic carbocycles. The molecule has 0 unspecified atom stereocenters. The number of carbonyl (C=O) groups is 2. The van der Waals surface area contributed by atoms with Crippen molar-refractivity contribution in [2.24, 2.45) is 0 Å². The third-order valence-electron chi connectivity index (χ3n) is 4.35. The Bertz CT molecular complexity index is 741. The standard InChI is InChI=1S/C20H22N2O2/c1-14(23)21-19(16-6-3-2-4-7-16)13-20(24)22-18-11-10-15-8-5-9-17(15)12-18/h2-4,6-7,10-12,19H,5,8-9,13H2,1H3,(H,21,23)(H,22,24)/t19-/m1/s1. The Kier molecular flexibility index (Phi) is 4.94. The molecule has 0 spiro atoms. The minimum absolute atomic E-state index is 0.101. The molecule has 4 heteroatoms. The molecular weight excluding hydrogens is 300 g/mol. The summed E-state index contributed by atoms with van der Waals surface area (Å²) in [5, 5.41) is 5.81. The van der Waals surface area contributed by atoms with Gasteiger partial charge in [0.25, 0.3) is 0 Å². The van der Waals surface area contributed by atoms with Gasteiger partial charge in [0.2, 0.25) is 11.8 Å². The van der Waals surface area contributed by atoms with Crippen molar-refractivity contribution in [3.8, 4) is 0 Å². The van der Waals surface area contributed by atoms with Crippen LogP contribution in [0.5, 0.6) is 0 Å². The largest absolute Gasteiger partial charge is 0.349 e. The lowest BCUT2D eigenvalue weighted by Gasteiger charge is -2.18. The normalized spacial score (nSPS) is 13.9. The molecule has 0 bridgehead atoms. The molecule has 1 atom stereocenters. The van der Waals surface area contributed by atoms with E-state index in [-0.39, 0.29) is 24.3 Å². The first-order valence-electron chi connectivity index (χ1n) is 8.35. The fraction of sp³-hybridized carbons (Fsp3) is 0.300. The molecule has 0 heterocycles. The zero-order chi connectivity index (χ0) is 16.9. The van der Waals surface area contributed by atoms with Crippen LogP contribution in [0.3, 0.4) is 0 Å². The van der Waals surface area contributed by atoms with Gasteiger partial charge in [0.1, 0.15) is 0 Å². The van der Waals surface area contributed by atoms with Gasteiger partial charge in [-0.2, -0.15) is 0 Å². The number of hydrogen-bond acceptors (Lipinski definition) is 2. The Hall–Kier alpha value is -2.62. The fourth-order valence-electron chi connectivity index (χ4n) is 3.23. The van der Waals surface area contributed by atoms with E-state index in [1.807, 2.05) is 36.4 Å². The lowest BCUT2D eigenvalue weighted by Crippen LogP contribution is -2.29. The van der Waals surface area contributed by atoms with E-state index >= 15 is 0 Å². The number of carbonyl (C=O) groups excluding carboxylic acids is 2. The van der Waals surface area contributed by atoms with Gasteiger partial charge in [-0.15, -0.1) is 0 Å². The quantitative estimate of drug-likeness (QED) is 0.886. The van der Waals surface area contributed by atoms with Crippen molar-refractivity contribution in [1.82, 2.24) is 5.32 Å². The molecule has 24 heavy (non-hydrogen) atoms. The van der Waals surface area contributed by atoms with Gasteiger partial charge in [-0.1, -0.05) is 36.4 Å². The number of fused-ring (bicyclic) bond motifs is 1. The number of anilines is 1. The number of benzene rings is 2. The summed E-state index contributed by atoms with van der Waals surface area (Å²) in [4.78, 5) is 23.9. The molecule has 1 aliphatic rings. The number of amides is 2. The second kappa shape index (κ2) is 7.30. The molecule has 1 aliphatic carbocycles. The smallest absolute Gasteiger partial charge is 0.226 e. The Morgan fingerprint density at radius 3 is 2.54 bits per heavy atom. The molecule has 4 nitrogen and oxygen atoms in total. The maximum absolute atomic E-state index is 12.4. The van der Waals surface area contributed by atoms with Crippen molar-refractivity contribution in [2.75, 3.05) is 5.32 Å². The summed E-state index contributed by atoms with van der Waals surface area (Å²) in [7, 11) is 0. The van der Waals surface area contributed by atoms with Crippen LogP contribution in [-0.2, 0) is 22.4 Å². The summed E-state index contributed by atoms with van der Waals surface area (Å²) < 4.78 is 0. The average Bonchev–Trinajstić information content (AvgIpc) is 3.02. The predicted molar refractivity (Wildman–Crippen MR) is 94.7 cm³/mol. The summed E-state index contributed by atoms with van der Waals surface area (Å²) in [6.45, 7) is 1.47. The molecule has 3 rings (SSSR count). The van der Waals surface area contributed by atoms with E-state index in [1.165, 1.54) is 24.5 Å². The van der Waals surface area contributed by atoms with E-state index in [0.29, 0.717) is 0 Å². The van der Waals surface area contributed by atoms with E-state index < -0.39 is 0 Å². The third kappa shape index (κ3) is 4.02. The van der Waals surface area contributed by atoms with Crippen molar-refractivity contribution >= 4 is 17.5 Å². The summed E-state index contributed by atoms with van der Waals surface area (Å²) in [5.41, 5.74) is 4.47. The van der Waals surface area contributed by atoms with Gasteiger partial charge >= 0.3 is 0 Å². The summed E-state index contributed by atoms with van der Waals surface area (Å²) >= 11 is 0. The number of aryl methyl sites for hydroxylation is 2. The molecular formula is C20H22N2O2. The van der Waals surface area contributed by atoms with E-state index in [2.05, 4.69) is 22.8 Å². The van der Waals surface area contributed by atoms with Crippen LogP contribution in [0.4, 0.5) is 5.69 Å². The van der Waals surface area contributed by atoms with Gasteiger partial charge in [0, 0.05) is 12.6 Å².